The van der Waals surface area contributed by atoms with E-state index in [0.717, 1.165) is 5.69 Å². The number of hydrogen-bond donors (Lipinski definition) is 1. The molecule has 0 amide bonds. The van der Waals surface area contributed by atoms with Gasteiger partial charge in [-0.05, 0) is 6.07 Å². The topological polar surface area (TPSA) is 72.0 Å². The summed E-state index contributed by atoms with van der Waals surface area (Å²) < 4.78 is 4.40. The van der Waals surface area contributed by atoms with Crippen LogP contribution in [0.25, 0.3) is 0 Å². The SMILES string of the molecule is O=C1CC(c2ccn[nH]2)CC(=O)O1. The van der Waals surface area contributed by atoms with Crippen molar-refractivity contribution in [3.05, 3.63) is 18.0 Å². The molecule has 2 heterocycles. The third-order valence-electron chi connectivity index (χ3n) is 2.02. The van der Waals surface area contributed by atoms with Gasteiger partial charge in [0.15, 0.2) is 0 Å². The van der Waals surface area contributed by atoms with Crippen molar-refractivity contribution in [1.82, 2.24) is 10.2 Å². The van der Waals surface area contributed by atoms with Gasteiger partial charge in [-0.1, -0.05) is 0 Å². The number of rotatable bonds is 1. The van der Waals surface area contributed by atoms with Crippen LogP contribution in [0.2, 0.25) is 0 Å². The van der Waals surface area contributed by atoms with Gasteiger partial charge in [0.05, 0.1) is 12.8 Å². The largest absolute Gasteiger partial charge is 0.393 e. The lowest BCUT2D eigenvalue weighted by atomic mass is 9.96. The number of H-pyrrole nitrogens is 1. The molecule has 68 valence electrons. The van der Waals surface area contributed by atoms with Crippen LogP contribution in [-0.4, -0.2) is 22.1 Å². The molecule has 0 unspecified atom stereocenters. The molecule has 0 atom stereocenters. The Bertz CT molecular complexity index is 315. The predicted molar refractivity (Wildman–Crippen MR) is 41.7 cm³/mol. The van der Waals surface area contributed by atoms with Crippen molar-refractivity contribution in [2.45, 2.75) is 18.8 Å². The molecule has 0 aromatic carbocycles. The van der Waals surface area contributed by atoms with E-state index in [9.17, 15) is 9.59 Å². The molecule has 5 nitrogen and oxygen atoms in total. The highest BCUT2D eigenvalue weighted by molar-refractivity contribution is 5.89. The van der Waals surface area contributed by atoms with Gasteiger partial charge >= 0.3 is 11.9 Å². The maximum Gasteiger partial charge on any atom is 0.314 e. The van der Waals surface area contributed by atoms with Gasteiger partial charge in [-0.3, -0.25) is 14.7 Å². The summed E-state index contributed by atoms with van der Waals surface area (Å²) in [5.74, 6) is -1.03. The number of esters is 2. The number of ether oxygens (including phenoxy) is 1. The molecule has 0 aliphatic carbocycles. The van der Waals surface area contributed by atoms with E-state index in [4.69, 9.17) is 0 Å². The van der Waals surface area contributed by atoms with E-state index < -0.39 is 11.9 Å². The highest BCUT2D eigenvalue weighted by atomic mass is 16.6. The highest BCUT2D eigenvalue weighted by Crippen LogP contribution is 2.26. The Labute approximate surface area is 74.1 Å². The second-order valence-corrected chi connectivity index (χ2v) is 2.96. The second-order valence-electron chi connectivity index (χ2n) is 2.96. The van der Waals surface area contributed by atoms with Crippen molar-refractivity contribution in [3.8, 4) is 0 Å². The van der Waals surface area contributed by atoms with Crippen LogP contribution in [0.1, 0.15) is 24.5 Å². The molecule has 1 aromatic heterocycles. The number of carbonyl (C=O) groups is 2. The van der Waals surface area contributed by atoms with Crippen molar-refractivity contribution in [2.75, 3.05) is 0 Å². The zero-order chi connectivity index (χ0) is 9.26. The predicted octanol–water partition coefficient (Wildman–Crippen LogP) is 0.357. The van der Waals surface area contributed by atoms with Gasteiger partial charge in [-0.25, -0.2) is 0 Å². The maximum atomic E-state index is 10.9. The molecular weight excluding hydrogens is 172 g/mol. The Morgan fingerprint density at radius 3 is 2.62 bits per heavy atom. The monoisotopic (exact) mass is 180 g/mol. The van der Waals surface area contributed by atoms with Gasteiger partial charge in [0.25, 0.3) is 0 Å². The van der Waals surface area contributed by atoms with E-state index in [1.54, 1.807) is 12.3 Å². The first-order chi connectivity index (χ1) is 6.25. The van der Waals surface area contributed by atoms with Gasteiger partial charge in [0.1, 0.15) is 0 Å². The number of aromatic amines is 1. The number of aromatic nitrogens is 2. The van der Waals surface area contributed by atoms with Crippen LogP contribution in [-0.2, 0) is 14.3 Å². The molecule has 13 heavy (non-hydrogen) atoms. The van der Waals surface area contributed by atoms with Gasteiger partial charge in [-0.2, -0.15) is 5.10 Å². The molecule has 1 N–H and O–H groups in total. The van der Waals surface area contributed by atoms with E-state index in [-0.39, 0.29) is 18.8 Å². The van der Waals surface area contributed by atoms with Crippen LogP contribution >= 0.6 is 0 Å². The first-order valence-corrected chi connectivity index (χ1v) is 3.98. The summed E-state index contributed by atoms with van der Waals surface area (Å²) in [6.07, 6.45) is 2.08. The number of nitrogens with zero attached hydrogens (tertiary/aromatic N) is 1. The molecule has 0 saturated carbocycles. The number of carbonyl (C=O) groups excluding carboxylic acids is 2. The van der Waals surface area contributed by atoms with Gasteiger partial charge in [-0.15, -0.1) is 0 Å². The van der Waals surface area contributed by atoms with E-state index >= 15 is 0 Å². The molecule has 1 aliphatic heterocycles. The van der Waals surface area contributed by atoms with Crippen molar-refractivity contribution in [3.63, 3.8) is 0 Å². The minimum atomic E-state index is -0.462. The van der Waals surface area contributed by atoms with E-state index in [1.165, 1.54) is 0 Å². The summed E-state index contributed by atoms with van der Waals surface area (Å²) in [4.78, 5) is 21.8. The average molecular weight is 180 g/mol. The fourth-order valence-electron chi connectivity index (χ4n) is 1.40. The molecule has 5 heteroatoms. The Hall–Kier alpha value is -1.65. The van der Waals surface area contributed by atoms with Gasteiger partial charge in [0, 0.05) is 17.8 Å². The van der Waals surface area contributed by atoms with E-state index in [2.05, 4.69) is 14.9 Å². The molecule has 0 bridgehead atoms. The lowest BCUT2D eigenvalue weighted by Gasteiger charge is -2.17. The fourth-order valence-corrected chi connectivity index (χ4v) is 1.40. The number of hydrogen-bond acceptors (Lipinski definition) is 4. The minimum Gasteiger partial charge on any atom is -0.393 e. The van der Waals surface area contributed by atoms with Crippen LogP contribution in [0.4, 0.5) is 0 Å². The van der Waals surface area contributed by atoms with E-state index in [1.807, 2.05) is 0 Å². The van der Waals surface area contributed by atoms with Crippen molar-refractivity contribution in [1.29, 1.82) is 0 Å². The second kappa shape index (κ2) is 3.01. The van der Waals surface area contributed by atoms with Crippen molar-refractivity contribution in [2.24, 2.45) is 0 Å². The van der Waals surface area contributed by atoms with Gasteiger partial charge < -0.3 is 4.74 Å². The average Bonchev–Trinajstić information content (AvgIpc) is 2.53. The Morgan fingerprint density at radius 1 is 1.38 bits per heavy atom. The molecule has 1 aliphatic rings. The zero-order valence-electron chi connectivity index (χ0n) is 6.82. The summed E-state index contributed by atoms with van der Waals surface area (Å²) in [5, 5.41) is 6.50. The van der Waals surface area contributed by atoms with E-state index in [0.29, 0.717) is 0 Å². The summed E-state index contributed by atoms with van der Waals surface area (Å²) in [6.45, 7) is 0. The Balaban J connectivity index is 2.16. The quantitative estimate of drug-likeness (QED) is 0.500. The minimum absolute atomic E-state index is 0.101. The van der Waals surface area contributed by atoms with Crippen LogP contribution in [0.5, 0.6) is 0 Å². The van der Waals surface area contributed by atoms with Crippen molar-refractivity contribution >= 4 is 11.9 Å². The van der Waals surface area contributed by atoms with Crippen molar-refractivity contribution < 1.29 is 14.3 Å². The first kappa shape index (κ1) is 7.97. The standard InChI is InChI=1S/C8H8N2O3/c11-7-3-5(4-8(12)13-7)6-1-2-9-10-6/h1-2,5H,3-4H2,(H,9,10). The summed E-state index contributed by atoms with van der Waals surface area (Å²) in [6, 6.07) is 1.76. The smallest absolute Gasteiger partial charge is 0.314 e. The molecule has 1 saturated heterocycles. The molecule has 0 spiro atoms. The Morgan fingerprint density at radius 2 is 2.08 bits per heavy atom. The maximum absolute atomic E-state index is 10.9. The molecular formula is C8H8N2O3. The number of nitrogens with one attached hydrogen (secondary N) is 1. The Kier molecular flexibility index (Phi) is 1.84. The molecule has 2 rings (SSSR count). The molecule has 1 aromatic rings. The third-order valence-corrected chi connectivity index (χ3v) is 2.02. The fraction of sp³-hybridized carbons (Fsp3) is 0.375. The summed E-state index contributed by atoms with van der Waals surface area (Å²) in [7, 11) is 0. The summed E-state index contributed by atoms with van der Waals surface area (Å²) >= 11 is 0. The molecule has 1 fully saturated rings. The van der Waals surface area contributed by atoms with Crippen LogP contribution in [0, 0.1) is 0 Å². The van der Waals surface area contributed by atoms with Gasteiger partial charge in [0.2, 0.25) is 0 Å². The van der Waals surface area contributed by atoms with Crippen LogP contribution in [0.15, 0.2) is 12.3 Å². The number of cyclic esters (lactones) is 2. The van der Waals surface area contributed by atoms with Crippen LogP contribution in [0.3, 0.4) is 0 Å². The molecule has 0 radical (unpaired) electrons. The summed E-state index contributed by atoms with van der Waals surface area (Å²) in [5.41, 5.74) is 0.810. The lowest BCUT2D eigenvalue weighted by Crippen LogP contribution is -2.24. The highest BCUT2D eigenvalue weighted by Gasteiger charge is 2.28. The first-order valence-electron chi connectivity index (χ1n) is 3.98. The normalized spacial score (nSPS) is 18.8. The lowest BCUT2D eigenvalue weighted by molar-refractivity contribution is -0.164. The zero-order valence-corrected chi connectivity index (χ0v) is 6.82. The van der Waals surface area contributed by atoms with Crippen LogP contribution < -0.4 is 0 Å². The third kappa shape index (κ3) is 1.58.